The minimum atomic E-state index is -3.78. The van der Waals surface area contributed by atoms with Crippen LogP contribution in [0.15, 0.2) is 40.6 Å². The van der Waals surface area contributed by atoms with Gasteiger partial charge in [-0.05, 0) is 45.9 Å². The molecule has 12 heteroatoms. The van der Waals surface area contributed by atoms with Crippen molar-refractivity contribution >= 4 is 49.5 Å². The van der Waals surface area contributed by atoms with Crippen LogP contribution in [-0.2, 0) is 10.0 Å². The van der Waals surface area contributed by atoms with Crippen LogP contribution in [0.5, 0.6) is 0 Å². The van der Waals surface area contributed by atoms with E-state index in [2.05, 4.69) is 24.7 Å². The summed E-state index contributed by atoms with van der Waals surface area (Å²) >= 11 is 3.17. The largest absolute Gasteiger partial charge is 1.00 e. The number of sulfonamides is 1. The summed E-state index contributed by atoms with van der Waals surface area (Å²) in [5.41, 5.74) is 4.15. The summed E-state index contributed by atoms with van der Waals surface area (Å²) in [7, 11) is -3.78. The van der Waals surface area contributed by atoms with E-state index >= 15 is 0 Å². The van der Waals surface area contributed by atoms with E-state index in [0.29, 0.717) is 11.4 Å². The Balaban J connectivity index is 0.00000289. The third-order valence-corrected chi connectivity index (χ3v) is 7.58. The number of quaternary nitrogens is 1. The number of anilines is 1. The molecule has 4 aromatic rings. The number of nitrogens with zero attached hydrogens (tertiary/aromatic N) is 4. The Morgan fingerprint density at radius 1 is 0.938 bits per heavy atom. The van der Waals surface area contributed by atoms with E-state index in [-0.39, 0.29) is 27.8 Å². The van der Waals surface area contributed by atoms with Crippen LogP contribution >= 0.6 is 22.7 Å². The van der Waals surface area contributed by atoms with Gasteiger partial charge in [-0.25, -0.2) is 28.1 Å². The maximum Gasteiger partial charge on any atom is 0.288 e. The summed E-state index contributed by atoms with van der Waals surface area (Å²) < 4.78 is 27.8. The number of hydrogen-bond acceptors (Lipinski definition) is 8. The zero-order chi connectivity index (χ0) is 22.2. The second-order valence-electron chi connectivity index (χ2n) is 7.01. The maximum atomic E-state index is 12.7. The molecule has 0 saturated heterocycles. The van der Waals surface area contributed by atoms with Crippen molar-refractivity contribution in [3.8, 4) is 10.6 Å². The van der Waals surface area contributed by atoms with Gasteiger partial charge in [0.05, 0.1) is 26.2 Å². The van der Waals surface area contributed by atoms with Crippen molar-refractivity contribution in [2.75, 3.05) is 4.72 Å². The molecule has 0 aliphatic rings. The molecule has 3 aromatic heterocycles. The number of thiazole rings is 2. The summed E-state index contributed by atoms with van der Waals surface area (Å²) in [6.45, 7) is 7.55. The fourth-order valence-electron chi connectivity index (χ4n) is 3.06. The van der Waals surface area contributed by atoms with E-state index in [1.807, 2.05) is 24.5 Å². The van der Waals surface area contributed by atoms with E-state index in [1.54, 1.807) is 55.5 Å². The molecule has 0 radical (unpaired) electrons. The fraction of sp³-hybridized carbons (Fsp3) is 0.200. The topological polar surface area (TPSA) is 114 Å². The maximum absolute atomic E-state index is 12.7. The number of aromatic nitrogens is 4. The number of nitrogens with two attached hydrogens (primary N) is 1. The Morgan fingerprint density at radius 3 is 2.19 bits per heavy atom. The van der Waals surface area contributed by atoms with E-state index in [4.69, 9.17) is 0 Å². The van der Waals surface area contributed by atoms with Crippen molar-refractivity contribution in [1.29, 1.82) is 0 Å². The SMILES string of the molecule is Cc1cc(C)nc(NS(=O)(=O)c2ccc([NH2+]c3nc(-c4sc(C)nc4C)cs3)cc2)n1.[Br-]. The van der Waals surface area contributed by atoms with Crippen LogP contribution in [0.25, 0.3) is 10.6 Å². The molecule has 1 aromatic carbocycles. The van der Waals surface area contributed by atoms with Gasteiger partial charge in [-0.2, -0.15) is 4.98 Å². The number of nitrogens with one attached hydrogen (secondary N) is 1. The van der Waals surface area contributed by atoms with Gasteiger partial charge >= 0.3 is 0 Å². The van der Waals surface area contributed by atoms with Crippen molar-refractivity contribution in [1.82, 2.24) is 19.9 Å². The second-order valence-corrected chi connectivity index (χ2v) is 10.8. The molecular formula is C20H21BrN6O2S3. The molecule has 0 unspecified atom stereocenters. The van der Waals surface area contributed by atoms with Crippen molar-refractivity contribution in [2.45, 2.75) is 32.6 Å². The molecule has 168 valence electrons. The molecule has 3 heterocycles. The minimum absolute atomic E-state index is 0. The van der Waals surface area contributed by atoms with Crippen LogP contribution in [0.2, 0.25) is 0 Å². The Bertz CT molecular complexity index is 1330. The van der Waals surface area contributed by atoms with Crippen LogP contribution in [-0.4, -0.2) is 28.4 Å². The molecule has 0 atom stereocenters. The van der Waals surface area contributed by atoms with Crippen LogP contribution in [0.4, 0.5) is 16.8 Å². The summed E-state index contributed by atoms with van der Waals surface area (Å²) in [4.78, 5) is 18.6. The average molecular weight is 554 g/mol. The van der Waals surface area contributed by atoms with Crippen LogP contribution in [0.1, 0.15) is 22.1 Å². The number of hydrogen-bond donors (Lipinski definition) is 2. The molecule has 3 N–H and O–H groups in total. The van der Waals surface area contributed by atoms with Gasteiger partial charge in [-0.1, -0.05) is 11.3 Å². The lowest BCUT2D eigenvalue weighted by molar-refractivity contribution is -0.478. The van der Waals surface area contributed by atoms with Crippen LogP contribution < -0.4 is 27.0 Å². The van der Waals surface area contributed by atoms with E-state index < -0.39 is 10.0 Å². The van der Waals surface area contributed by atoms with Crippen molar-refractivity contribution in [3.05, 3.63) is 57.8 Å². The summed E-state index contributed by atoms with van der Waals surface area (Å²) in [5.74, 6) is 0.0667. The first-order valence-corrected chi connectivity index (χ1v) is 12.6. The highest BCUT2D eigenvalue weighted by Crippen LogP contribution is 2.31. The molecule has 0 saturated carbocycles. The van der Waals surface area contributed by atoms with Gasteiger partial charge in [0, 0.05) is 28.9 Å². The summed E-state index contributed by atoms with van der Waals surface area (Å²) in [5, 5.41) is 5.80. The van der Waals surface area contributed by atoms with Crippen molar-refractivity contribution in [3.63, 3.8) is 0 Å². The van der Waals surface area contributed by atoms with Gasteiger partial charge in [0.15, 0.2) is 0 Å². The standard InChI is InChI=1S/C20H20N6O2S3.BrH/c1-11-9-12(2)22-19(21-11)26-31(27,28)16-7-5-15(6-8-16)24-20-25-17(10-29-20)18-13(3)23-14(4)30-18;/h5-10H,1-4H3,(H,24,25)(H,21,22,26);1H. The monoisotopic (exact) mass is 552 g/mol. The van der Waals surface area contributed by atoms with Gasteiger partial charge in [-0.15, -0.1) is 11.3 Å². The van der Waals surface area contributed by atoms with Gasteiger partial charge in [-0.3, -0.25) is 5.32 Å². The Morgan fingerprint density at radius 2 is 1.59 bits per heavy atom. The van der Waals surface area contributed by atoms with E-state index in [0.717, 1.165) is 32.1 Å². The molecule has 32 heavy (non-hydrogen) atoms. The Hall–Kier alpha value is -2.25. The summed E-state index contributed by atoms with van der Waals surface area (Å²) in [6.07, 6.45) is 0. The quantitative estimate of drug-likeness (QED) is 0.339. The van der Waals surface area contributed by atoms with E-state index in [9.17, 15) is 8.42 Å². The first kappa shape index (κ1) is 24.4. The highest BCUT2D eigenvalue weighted by Gasteiger charge is 2.18. The van der Waals surface area contributed by atoms with Gasteiger partial charge in [0.1, 0.15) is 5.69 Å². The number of halogens is 1. The molecule has 0 aliphatic carbocycles. The molecule has 0 bridgehead atoms. The highest BCUT2D eigenvalue weighted by molar-refractivity contribution is 7.92. The Labute approximate surface area is 205 Å². The zero-order valence-corrected chi connectivity index (χ0v) is 21.8. The molecule has 0 spiro atoms. The van der Waals surface area contributed by atoms with E-state index in [1.165, 1.54) is 11.3 Å². The third kappa shape index (κ3) is 5.56. The first-order valence-electron chi connectivity index (χ1n) is 9.39. The molecule has 0 amide bonds. The third-order valence-electron chi connectivity index (χ3n) is 4.35. The molecule has 4 rings (SSSR count). The van der Waals surface area contributed by atoms with Crippen LogP contribution in [0.3, 0.4) is 0 Å². The Kier molecular flexibility index (Phi) is 7.40. The molecule has 8 nitrogen and oxygen atoms in total. The number of aryl methyl sites for hydroxylation is 4. The first-order chi connectivity index (χ1) is 14.7. The second kappa shape index (κ2) is 9.71. The van der Waals surface area contributed by atoms with Crippen LogP contribution in [0, 0.1) is 27.7 Å². The van der Waals surface area contributed by atoms with Crippen molar-refractivity contribution < 1.29 is 30.7 Å². The average Bonchev–Trinajstić information content (AvgIpc) is 3.26. The normalized spacial score (nSPS) is 11.2. The smallest absolute Gasteiger partial charge is 0.288 e. The molecular weight excluding hydrogens is 532 g/mol. The highest BCUT2D eigenvalue weighted by atomic mass is 79.9. The minimum Gasteiger partial charge on any atom is -1.00 e. The molecule has 0 fully saturated rings. The molecule has 0 aliphatic heterocycles. The van der Waals surface area contributed by atoms with Gasteiger partial charge in [0.25, 0.3) is 15.2 Å². The predicted molar refractivity (Wildman–Crippen MR) is 123 cm³/mol. The van der Waals surface area contributed by atoms with Gasteiger partial charge < -0.3 is 17.0 Å². The predicted octanol–water partition coefficient (Wildman–Crippen LogP) is 0.622. The number of benzene rings is 1. The lowest BCUT2D eigenvalue weighted by Crippen LogP contribution is -3.00. The fourth-order valence-corrected chi connectivity index (χ4v) is 5.72. The zero-order valence-electron chi connectivity index (χ0n) is 17.7. The summed E-state index contributed by atoms with van der Waals surface area (Å²) in [6, 6.07) is 8.40. The van der Waals surface area contributed by atoms with Crippen molar-refractivity contribution in [2.24, 2.45) is 0 Å². The lowest BCUT2D eigenvalue weighted by atomic mass is 10.3. The lowest BCUT2D eigenvalue weighted by Gasteiger charge is -2.08. The number of rotatable bonds is 6. The van der Waals surface area contributed by atoms with Gasteiger partial charge in [0.2, 0.25) is 5.95 Å².